The number of amides is 1. The lowest BCUT2D eigenvalue weighted by molar-refractivity contribution is -0.113. The highest BCUT2D eigenvalue weighted by Crippen LogP contribution is 2.27. The summed E-state index contributed by atoms with van der Waals surface area (Å²) < 4.78 is 11.3. The lowest BCUT2D eigenvalue weighted by atomic mass is 10.3. The molecule has 0 spiro atoms. The van der Waals surface area contributed by atoms with Crippen molar-refractivity contribution in [2.24, 2.45) is 0 Å². The number of hydrogen-bond acceptors (Lipinski definition) is 7. The summed E-state index contributed by atoms with van der Waals surface area (Å²) in [5.41, 5.74) is 0.656. The van der Waals surface area contributed by atoms with Crippen LogP contribution in [-0.4, -0.2) is 21.9 Å². The molecular formula is C20H15N3O3S2. The van der Waals surface area contributed by atoms with E-state index in [0.717, 1.165) is 10.6 Å². The van der Waals surface area contributed by atoms with Crippen LogP contribution in [0.2, 0.25) is 0 Å². The standard InChI is InChI=1S/C20H15N3O3S2/c24-18(13-28-20-23-22-19(26-20)17-10-5-11-27-17)21-14-6-4-9-16(12-14)25-15-7-2-1-3-8-15/h1-12H,13H2,(H,21,24). The van der Waals surface area contributed by atoms with E-state index in [4.69, 9.17) is 9.15 Å². The third-order valence-corrected chi connectivity index (χ3v) is 5.24. The zero-order valence-electron chi connectivity index (χ0n) is 14.6. The number of anilines is 1. The number of para-hydroxylation sites is 1. The Morgan fingerprint density at radius 2 is 1.89 bits per heavy atom. The molecule has 0 saturated heterocycles. The smallest absolute Gasteiger partial charge is 0.277 e. The number of nitrogens with one attached hydrogen (secondary N) is 1. The molecule has 2 aromatic heterocycles. The van der Waals surface area contributed by atoms with Crippen LogP contribution in [0.1, 0.15) is 0 Å². The number of rotatable bonds is 7. The first kappa shape index (κ1) is 18.3. The van der Waals surface area contributed by atoms with E-state index in [0.29, 0.717) is 22.6 Å². The molecule has 1 amide bonds. The third-order valence-electron chi connectivity index (χ3n) is 3.56. The minimum absolute atomic E-state index is 0.163. The molecule has 0 aliphatic carbocycles. The van der Waals surface area contributed by atoms with Gasteiger partial charge in [0.1, 0.15) is 11.5 Å². The summed E-state index contributed by atoms with van der Waals surface area (Å²) in [5, 5.41) is 13.1. The van der Waals surface area contributed by atoms with Crippen LogP contribution in [0.5, 0.6) is 11.5 Å². The average molecular weight is 409 g/mol. The molecule has 2 aromatic carbocycles. The highest BCUT2D eigenvalue weighted by molar-refractivity contribution is 7.99. The molecule has 0 aliphatic heterocycles. The second-order valence-corrected chi connectivity index (χ2v) is 7.50. The van der Waals surface area contributed by atoms with Gasteiger partial charge in [0.25, 0.3) is 11.1 Å². The van der Waals surface area contributed by atoms with Gasteiger partial charge in [-0.3, -0.25) is 4.79 Å². The summed E-state index contributed by atoms with van der Waals surface area (Å²) in [6.07, 6.45) is 0. The van der Waals surface area contributed by atoms with Crippen LogP contribution >= 0.6 is 23.1 Å². The van der Waals surface area contributed by atoms with Gasteiger partial charge in [-0.2, -0.15) is 0 Å². The molecular weight excluding hydrogens is 394 g/mol. The van der Waals surface area contributed by atoms with Gasteiger partial charge >= 0.3 is 0 Å². The molecule has 1 N–H and O–H groups in total. The van der Waals surface area contributed by atoms with Crippen LogP contribution in [0.3, 0.4) is 0 Å². The van der Waals surface area contributed by atoms with Crippen LogP contribution < -0.4 is 10.1 Å². The summed E-state index contributed by atoms with van der Waals surface area (Å²) >= 11 is 2.71. The number of aromatic nitrogens is 2. The maximum Gasteiger partial charge on any atom is 0.277 e. The Morgan fingerprint density at radius 3 is 2.71 bits per heavy atom. The number of carbonyl (C=O) groups excluding carboxylic acids is 1. The molecule has 0 fully saturated rings. The largest absolute Gasteiger partial charge is 0.457 e. The number of benzene rings is 2. The molecule has 140 valence electrons. The summed E-state index contributed by atoms with van der Waals surface area (Å²) in [6.45, 7) is 0. The minimum atomic E-state index is -0.169. The molecule has 28 heavy (non-hydrogen) atoms. The van der Waals surface area contributed by atoms with Gasteiger partial charge in [0.15, 0.2) is 0 Å². The van der Waals surface area contributed by atoms with Crippen LogP contribution in [-0.2, 0) is 4.79 Å². The van der Waals surface area contributed by atoms with E-state index in [9.17, 15) is 4.79 Å². The van der Waals surface area contributed by atoms with Crippen molar-refractivity contribution in [3.05, 3.63) is 72.1 Å². The van der Waals surface area contributed by atoms with Gasteiger partial charge in [0, 0.05) is 11.8 Å². The van der Waals surface area contributed by atoms with Crippen molar-refractivity contribution < 1.29 is 13.9 Å². The van der Waals surface area contributed by atoms with Gasteiger partial charge in [0.05, 0.1) is 10.6 Å². The van der Waals surface area contributed by atoms with Gasteiger partial charge in [0.2, 0.25) is 5.91 Å². The Morgan fingerprint density at radius 1 is 1.04 bits per heavy atom. The normalized spacial score (nSPS) is 10.6. The molecule has 0 atom stereocenters. The van der Waals surface area contributed by atoms with E-state index >= 15 is 0 Å². The maximum absolute atomic E-state index is 12.2. The third kappa shape index (κ3) is 4.79. The van der Waals surface area contributed by atoms with Crippen molar-refractivity contribution in [3.63, 3.8) is 0 Å². The SMILES string of the molecule is O=C(CSc1nnc(-c2cccs2)o1)Nc1cccc(Oc2ccccc2)c1. The maximum atomic E-state index is 12.2. The fourth-order valence-electron chi connectivity index (χ4n) is 2.35. The highest BCUT2D eigenvalue weighted by Gasteiger charge is 2.12. The zero-order chi connectivity index (χ0) is 19.2. The molecule has 4 rings (SSSR count). The average Bonchev–Trinajstić information content (AvgIpc) is 3.39. The molecule has 0 bridgehead atoms. The van der Waals surface area contributed by atoms with E-state index in [-0.39, 0.29) is 11.7 Å². The summed E-state index contributed by atoms with van der Waals surface area (Å²) in [4.78, 5) is 13.1. The number of thiophene rings is 1. The summed E-state index contributed by atoms with van der Waals surface area (Å²) in [5.74, 6) is 1.84. The van der Waals surface area contributed by atoms with Gasteiger partial charge in [-0.25, -0.2) is 0 Å². The summed E-state index contributed by atoms with van der Waals surface area (Å²) in [7, 11) is 0. The lowest BCUT2D eigenvalue weighted by Gasteiger charge is -2.08. The quantitative estimate of drug-likeness (QED) is 0.416. The van der Waals surface area contributed by atoms with Crippen molar-refractivity contribution in [1.29, 1.82) is 0 Å². The number of ether oxygens (including phenoxy) is 1. The van der Waals surface area contributed by atoms with E-state index in [2.05, 4.69) is 15.5 Å². The van der Waals surface area contributed by atoms with Crippen LogP contribution in [0, 0.1) is 0 Å². The molecule has 0 saturated carbocycles. The predicted molar refractivity (Wildman–Crippen MR) is 110 cm³/mol. The Hall–Kier alpha value is -3.10. The lowest BCUT2D eigenvalue weighted by Crippen LogP contribution is -2.13. The first-order chi connectivity index (χ1) is 13.8. The van der Waals surface area contributed by atoms with E-state index in [1.807, 2.05) is 66.0 Å². The Bertz CT molecular complexity index is 1050. The van der Waals surface area contributed by atoms with Crippen molar-refractivity contribution in [2.45, 2.75) is 5.22 Å². The number of nitrogens with zero attached hydrogens (tertiary/aromatic N) is 2. The van der Waals surface area contributed by atoms with E-state index in [1.165, 1.54) is 23.1 Å². The second kappa shape index (κ2) is 8.73. The topological polar surface area (TPSA) is 77.2 Å². The van der Waals surface area contributed by atoms with Crippen molar-refractivity contribution in [2.75, 3.05) is 11.1 Å². The molecule has 2 heterocycles. The summed E-state index contributed by atoms with van der Waals surface area (Å²) in [6, 6.07) is 20.5. The Labute approximate surface area is 169 Å². The predicted octanol–water partition coefficient (Wildman–Crippen LogP) is 5.32. The molecule has 4 aromatic rings. The zero-order valence-corrected chi connectivity index (χ0v) is 16.2. The number of thioether (sulfide) groups is 1. The van der Waals surface area contributed by atoms with Crippen molar-refractivity contribution in [1.82, 2.24) is 10.2 Å². The molecule has 8 heteroatoms. The first-order valence-corrected chi connectivity index (χ1v) is 10.3. The molecule has 0 unspecified atom stereocenters. The first-order valence-electron chi connectivity index (χ1n) is 8.39. The van der Waals surface area contributed by atoms with Gasteiger partial charge in [-0.05, 0) is 35.7 Å². The monoisotopic (exact) mass is 409 g/mol. The van der Waals surface area contributed by atoms with E-state index < -0.39 is 0 Å². The van der Waals surface area contributed by atoms with Crippen LogP contribution in [0.25, 0.3) is 10.8 Å². The second-order valence-electron chi connectivity index (χ2n) is 5.63. The fourth-order valence-corrected chi connectivity index (χ4v) is 3.56. The van der Waals surface area contributed by atoms with Gasteiger partial charge in [-0.15, -0.1) is 21.5 Å². The van der Waals surface area contributed by atoms with Crippen molar-refractivity contribution in [3.8, 4) is 22.3 Å². The number of hydrogen-bond donors (Lipinski definition) is 1. The highest BCUT2D eigenvalue weighted by atomic mass is 32.2. The van der Waals surface area contributed by atoms with Gasteiger partial charge < -0.3 is 14.5 Å². The van der Waals surface area contributed by atoms with Crippen LogP contribution in [0.4, 0.5) is 5.69 Å². The van der Waals surface area contributed by atoms with Gasteiger partial charge in [-0.1, -0.05) is 42.1 Å². The Balaban J connectivity index is 1.32. The minimum Gasteiger partial charge on any atom is -0.457 e. The Kier molecular flexibility index (Phi) is 5.69. The molecule has 0 radical (unpaired) electrons. The van der Waals surface area contributed by atoms with Crippen molar-refractivity contribution >= 4 is 34.7 Å². The molecule has 0 aliphatic rings. The fraction of sp³-hybridized carbons (Fsp3) is 0.0500. The van der Waals surface area contributed by atoms with Crippen LogP contribution in [0.15, 0.2) is 81.8 Å². The molecule has 6 nitrogen and oxygen atoms in total. The van der Waals surface area contributed by atoms with E-state index in [1.54, 1.807) is 6.07 Å². The number of carbonyl (C=O) groups is 1.